The molecule has 0 aliphatic heterocycles. The summed E-state index contributed by atoms with van der Waals surface area (Å²) in [5.74, 6) is 0.345. The standard InChI is InChI=1S/C15H23NO2/c1-11(2)10-18-8-7-16-13(4)14-6-5-12(3)9-15(14)17/h5-6,9,13,16-17H,1,7-8,10H2,2-4H3. The highest BCUT2D eigenvalue weighted by atomic mass is 16.5. The average Bonchev–Trinajstić information content (AvgIpc) is 2.27. The topological polar surface area (TPSA) is 41.5 Å². The predicted molar refractivity (Wildman–Crippen MR) is 74.9 cm³/mol. The summed E-state index contributed by atoms with van der Waals surface area (Å²) in [7, 11) is 0. The number of ether oxygens (including phenoxy) is 1. The Balaban J connectivity index is 2.36. The minimum Gasteiger partial charge on any atom is -0.508 e. The normalized spacial score (nSPS) is 12.4. The van der Waals surface area contributed by atoms with E-state index in [2.05, 4.69) is 11.9 Å². The summed E-state index contributed by atoms with van der Waals surface area (Å²) in [6, 6.07) is 5.85. The first-order valence-corrected chi connectivity index (χ1v) is 6.25. The summed E-state index contributed by atoms with van der Waals surface area (Å²) in [6.45, 7) is 11.7. The fourth-order valence-electron chi connectivity index (χ4n) is 1.72. The van der Waals surface area contributed by atoms with Crippen molar-refractivity contribution in [2.75, 3.05) is 19.8 Å². The van der Waals surface area contributed by atoms with Gasteiger partial charge in [0.05, 0.1) is 13.2 Å². The van der Waals surface area contributed by atoms with E-state index in [0.717, 1.165) is 23.2 Å². The Labute approximate surface area is 109 Å². The lowest BCUT2D eigenvalue weighted by molar-refractivity contribution is 0.155. The van der Waals surface area contributed by atoms with E-state index in [9.17, 15) is 5.11 Å². The first-order valence-electron chi connectivity index (χ1n) is 6.25. The molecule has 3 heteroatoms. The van der Waals surface area contributed by atoms with Gasteiger partial charge in [-0.2, -0.15) is 0 Å². The van der Waals surface area contributed by atoms with Gasteiger partial charge in [0.1, 0.15) is 5.75 Å². The molecule has 1 rings (SSSR count). The van der Waals surface area contributed by atoms with Crippen molar-refractivity contribution in [3.05, 3.63) is 41.5 Å². The van der Waals surface area contributed by atoms with Gasteiger partial charge in [0.25, 0.3) is 0 Å². The second-order valence-corrected chi connectivity index (χ2v) is 4.75. The highest BCUT2D eigenvalue weighted by Crippen LogP contribution is 2.24. The van der Waals surface area contributed by atoms with E-state index >= 15 is 0 Å². The Morgan fingerprint density at radius 3 is 2.83 bits per heavy atom. The van der Waals surface area contributed by atoms with Gasteiger partial charge in [-0.15, -0.1) is 0 Å². The molecule has 0 aromatic heterocycles. The van der Waals surface area contributed by atoms with Crippen LogP contribution in [0.25, 0.3) is 0 Å². The third-order valence-electron chi connectivity index (χ3n) is 2.70. The van der Waals surface area contributed by atoms with Gasteiger partial charge < -0.3 is 15.2 Å². The van der Waals surface area contributed by atoms with Gasteiger partial charge in [0, 0.05) is 18.2 Å². The van der Waals surface area contributed by atoms with Crippen LogP contribution in [0.3, 0.4) is 0 Å². The van der Waals surface area contributed by atoms with Crippen molar-refractivity contribution >= 4 is 0 Å². The van der Waals surface area contributed by atoms with Crippen LogP contribution < -0.4 is 5.32 Å². The maximum Gasteiger partial charge on any atom is 0.120 e. The van der Waals surface area contributed by atoms with Crippen LogP contribution in [0.2, 0.25) is 0 Å². The van der Waals surface area contributed by atoms with Gasteiger partial charge in [-0.25, -0.2) is 0 Å². The van der Waals surface area contributed by atoms with E-state index in [-0.39, 0.29) is 6.04 Å². The van der Waals surface area contributed by atoms with E-state index in [1.165, 1.54) is 0 Å². The molecule has 1 atom stereocenters. The predicted octanol–water partition coefficient (Wildman–Crippen LogP) is 2.94. The Morgan fingerprint density at radius 1 is 1.50 bits per heavy atom. The molecule has 0 saturated heterocycles. The van der Waals surface area contributed by atoms with Crippen LogP contribution in [-0.4, -0.2) is 24.9 Å². The third kappa shape index (κ3) is 4.90. The fourth-order valence-corrected chi connectivity index (χ4v) is 1.72. The maximum atomic E-state index is 9.85. The number of rotatable bonds is 7. The molecular formula is C15H23NO2. The minimum absolute atomic E-state index is 0.110. The van der Waals surface area contributed by atoms with E-state index in [1.807, 2.05) is 32.9 Å². The maximum absolute atomic E-state index is 9.85. The number of hydrogen-bond acceptors (Lipinski definition) is 3. The van der Waals surface area contributed by atoms with Crippen molar-refractivity contribution in [3.8, 4) is 5.75 Å². The SMILES string of the molecule is C=C(C)COCCNC(C)c1ccc(C)cc1O. The smallest absolute Gasteiger partial charge is 0.120 e. The zero-order chi connectivity index (χ0) is 13.5. The average molecular weight is 249 g/mol. The number of aromatic hydroxyl groups is 1. The molecule has 0 bridgehead atoms. The number of benzene rings is 1. The summed E-state index contributed by atoms with van der Waals surface area (Å²) in [4.78, 5) is 0. The molecule has 0 spiro atoms. The summed E-state index contributed by atoms with van der Waals surface area (Å²) in [5.41, 5.74) is 3.01. The number of aryl methyl sites for hydroxylation is 1. The summed E-state index contributed by atoms with van der Waals surface area (Å²) < 4.78 is 5.41. The van der Waals surface area contributed by atoms with Gasteiger partial charge in [0.15, 0.2) is 0 Å². The van der Waals surface area contributed by atoms with Crippen LogP contribution in [0.15, 0.2) is 30.4 Å². The van der Waals surface area contributed by atoms with Gasteiger partial charge in [-0.1, -0.05) is 24.3 Å². The molecule has 0 aliphatic rings. The second-order valence-electron chi connectivity index (χ2n) is 4.75. The van der Waals surface area contributed by atoms with Crippen molar-refractivity contribution in [3.63, 3.8) is 0 Å². The number of phenols is 1. The molecular weight excluding hydrogens is 226 g/mol. The molecule has 18 heavy (non-hydrogen) atoms. The van der Waals surface area contributed by atoms with Gasteiger partial charge in [-0.3, -0.25) is 0 Å². The van der Waals surface area contributed by atoms with Crippen molar-refractivity contribution < 1.29 is 9.84 Å². The highest BCUT2D eigenvalue weighted by molar-refractivity contribution is 5.37. The van der Waals surface area contributed by atoms with E-state index in [4.69, 9.17) is 4.74 Å². The van der Waals surface area contributed by atoms with Gasteiger partial charge in [-0.05, 0) is 32.4 Å². The highest BCUT2D eigenvalue weighted by Gasteiger charge is 2.09. The molecule has 2 N–H and O–H groups in total. The van der Waals surface area contributed by atoms with Crippen molar-refractivity contribution in [2.45, 2.75) is 26.8 Å². The molecule has 0 fully saturated rings. The summed E-state index contributed by atoms with van der Waals surface area (Å²) in [5, 5.41) is 13.2. The lowest BCUT2D eigenvalue weighted by Gasteiger charge is -2.16. The van der Waals surface area contributed by atoms with Crippen LogP contribution in [-0.2, 0) is 4.74 Å². The van der Waals surface area contributed by atoms with Crippen LogP contribution in [0, 0.1) is 6.92 Å². The van der Waals surface area contributed by atoms with Crippen molar-refractivity contribution in [1.29, 1.82) is 0 Å². The summed E-state index contributed by atoms with van der Waals surface area (Å²) in [6.07, 6.45) is 0. The Hall–Kier alpha value is -1.32. The zero-order valence-corrected chi connectivity index (χ0v) is 11.5. The molecule has 0 amide bonds. The molecule has 0 radical (unpaired) electrons. The molecule has 1 aromatic carbocycles. The van der Waals surface area contributed by atoms with Gasteiger partial charge >= 0.3 is 0 Å². The number of phenolic OH excluding ortho intramolecular Hbond substituents is 1. The number of hydrogen-bond donors (Lipinski definition) is 2. The van der Waals surface area contributed by atoms with Crippen molar-refractivity contribution in [1.82, 2.24) is 5.32 Å². The van der Waals surface area contributed by atoms with Crippen LogP contribution in [0.5, 0.6) is 5.75 Å². The largest absolute Gasteiger partial charge is 0.508 e. The van der Waals surface area contributed by atoms with Crippen LogP contribution in [0.1, 0.15) is 31.0 Å². The lowest BCUT2D eigenvalue weighted by atomic mass is 10.1. The first-order chi connectivity index (χ1) is 8.50. The Kier molecular flexibility index (Phi) is 5.89. The minimum atomic E-state index is 0.110. The monoisotopic (exact) mass is 249 g/mol. The lowest BCUT2D eigenvalue weighted by Crippen LogP contribution is -2.23. The van der Waals surface area contributed by atoms with Crippen molar-refractivity contribution in [2.24, 2.45) is 0 Å². The fraction of sp³-hybridized carbons (Fsp3) is 0.467. The molecule has 3 nitrogen and oxygen atoms in total. The molecule has 1 aromatic rings. The van der Waals surface area contributed by atoms with E-state index in [0.29, 0.717) is 19.0 Å². The Morgan fingerprint density at radius 2 is 2.22 bits per heavy atom. The van der Waals surface area contributed by atoms with E-state index in [1.54, 1.807) is 6.07 Å². The molecule has 0 saturated carbocycles. The van der Waals surface area contributed by atoms with Crippen LogP contribution in [0.4, 0.5) is 0 Å². The van der Waals surface area contributed by atoms with E-state index < -0.39 is 0 Å². The molecule has 100 valence electrons. The first kappa shape index (κ1) is 14.7. The summed E-state index contributed by atoms with van der Waals surface area (Å²) >= 11 is 0. The molecule has 1 unspecified atom stereocenters. The second kappa shape index (κ2) is 7.19. The molecule has 0 aliphatic carbocycles. The van der Waals surface area contributed by atoms with Gasteiger partial charge in [0.2, 0.25) is 0 Å². The Bertz CT molecular complexity index is 401. The molecule has 0 heterocycles. The quantitative estimate of drug-likeness (QED) is 0.576. The zero-order valence-electron chi connectivity index (χ0n) is 11.5. The van der Waals surface area contributed by atoms with Crippen LogP contribution >= 0.6 is 0 Å². The number of nitrogens with one attached hydrogen (secondary N) is 1. The third-order valence-corrected chi connectivity index (χ3v) is 2.70.